The van der Waals surface area contributed by atoms with Gasteiger partial charge in [0, 0.05) is 23.3 Å². The van der Waals surface area contributed by atoms with Crippen molar-refractivity contribution < 1.29 is 29.5 Å². The van der Waals surface area contributed by atoms with Gasteiger partial charge in [-0.05, 0) is 12.1 Å². The maximum absolute atomic E-state index is 12.3. The normalized spacial score (nSPS) is 10.1. The van der Waals surface area contributed by atoms with Gasteiger partial charge in [0.05, 0.1) is 16.1 Å². The minimum absolute atomic E-state index is 0.00128. The van der Waals surface area contributed by atoms with Crippen molar-refractivity contribution in [2.24, 2.45) is 0 Å². The van der Waals surface area contributed by atoms with Gasteiger partial charge in [-0.1, -0.05) is 18.2 Å². The number of rotatable bonds is 5. The third-order valence-corrected chi connectivity index (χ3v) is 3.06. The first-order valence-electron chi connectivity index (χ1n) is 6.21. The molecule has 2 N–H and O–H groups in total. The predicted molar refractivity (Wildman–Crippen MR) is 76.9 cm³/mol. The molecule has 0 unspecified atom stereocenters. The number of benzene rings is 2. The van der Waals surface area contributed by atoms with Crippen LogP contribution in [0.2, 0.25) is 0 Å². The van der Waals surface area contributed by atoms with Crippen LogP contribution in [-0.4, -0.2) is 32.9 Å². The lowest BCUT2D eigenvalue weighted by atomic mass is 9.98. The second-order valence-corrected chi connectivity index (χ2v) is 4.51. The number of hydrogen-bond acceptors (Lipinski definition) is 5. The minimum Gasteiger partial charge on any atom is -0.478 e. The molecule has 2 rings (SSSR count). The second kappa shape index (κ2) is 6.06. The van der Waals surface area contributed by atoms with Gasteiger partial charge in [0.15, 0.2) is 5.78 Å². The van der Waals surface area contributed by atoms with Gasteiger partial charge < -0.3 is 10.2 Å². The zero-order chi connectivity index (χ0) is 17.1. The quantitative estimate of drug-likeness (QED) is 0.490. The number of carbonyl (C=O) groups is 3. The minimum atomic E-state index is -1.49. The third-order valence-electron chi connectivity index (χ3n) is 3.06. The molecular formula is C15H9NO7. The summed E-state index contributed by atoms with van der Waals surface area (Å²) in [6.45, 7) is 0. The van der Waals surface area contributed by atoms with E-state index in [4.69, 9.17) is 10.2 Å². The first-order chi connectivity index (χ1) is 10.8. The fourth-order valence-electron chi connectivity index (χ4n) is 1.98. The van der Waals surface area contributed by atoms with E-state index < -0.39 is 33.8 Å². The molecule has 8 nitrogen and oxygen atoms in total. The molecular weight excluding hydrogens is 306 g/mol. The molecule has 0 radical (unpaired) electrons. The summed E-state index contributed by atoms with van der Waals surface area (Å²) in [5.74, 6) is -3.57. The third kappa shape index (κ3) is 3.21. The molecule has 0 aliphatic carbocycles. The average molecular weight is 315 g/mol. The van der Waals surface area contributed by atoms with E-state index in [1.165, 1.54) is 18.2 Å². The van der Waals surface area contributed by atoms with Crippen molar-refractivity contribution >= 4 is 23.4 Å². The van der Waals surface area contributed by atoms with Crippen LogP contribution in [0.4, 0.5) is 5.69 Å². The van der Waals surface area contributed by atoms with Gasteiger partial charge in [-0.2, -0.15) is 0 Å². The highest BCUT2D eigenvalue weighted by Gasteiger charge is 2.20. The van der Waals surface area contributed by atoms with Crippen LogP contribution in [0, 0.1) is 10.1 Å². The van der Waals surface area contributed by atoms with Crippen molar-refractivity contribution in [1.29, 1.82) is 0 Å². The zero-order valence-electron chi connectivity index (χ0n) is 11.4. The Morgan fingerprint density at radius 1 is 0.870 bits per heavy atom. The van der Waals surface area contributed by atoms with Crippen molar-refractivity contribution in [3.05, 3.63) is 74.8 Å². The summed E-state index contributed by atoms with van der Waals surface area (Å²) < 4.78 is 0. The van der Waals surface area contributed by atoms with Crippen LogP contribution in [0.3, 0.4) is 0 Å². The number of carboxylic acid groups (broad SMARTS) is 2. The molecule has 116 valence electrons. The Morgan fingerprint density at radius 2 is 1.48 bits per heavy atom. The summed E-state index contributed by atoms with van der Waals surface area (Å²) >= 11 is 0. The van der Waals surface area contributed by atoms with Crippen molar-refractivity contribution in [2.45, 2.75) is 0 Å². The average Bonchev–Trinajstić information content (AvgIpc) is 2.53. The number of nitrogens with zero attached hydrogens (tertiary/aromatic N) is 1. The van der Waals surface area contributed by atoms with E-state index in [1.54, 1.807) is 0 Å². The maximum Gasteiger partial charge on any atom is 0.336 e. The van der Waals surface area contributed by atoms with Crippen molar-refractivity contribution in [3.8, 4) is 0 Å². The topological polar surface area (TPSA) is 135 Å². The van der Waals surface area contributed by atoms with Crippen LogP contribution >= 0.6 is 0 Å². The van der Waals surface area contributed by atoms with E-state index in [9.17, 15) is 24.5 Å². The van der Waals surface area contributed by atoms with E-state index in [1.807, 2.05) is 0 Å². The van der Waals surface area contributed by atoms with Crippen molar-refractivity contribution in [2.75, 3.05) is 0 Å². The van der Waals surface area contributed by atoms with E-state index in [2.05, 4.69) is 0 Å². The Kier molecular flexibility index (Phi) is 4.17. The highest BCUT2D eigenvalue weighted by atomic mass is 16.6. The molecule has 2 aromatic carbocycles. The molecule has 2 aromatic rings. The number of carboxylic acids is 2. The van der Waals surface area contributed by atoms with Crippen LogP contribution in [0.25, 0.3) is 0 Å². The van der Waals surface area contributed by atoms with Gasteiger partial charge in [-0.3, -0.25) is 14.9 Å². The highest BCUT2D eigenvalue weighted by molar-refractivity contribution is 6.11. The summed E-state index contributed by atoms with van der Waals surface area (Å²) in [6, 6.07) is 8.07. The molecule has 0 bridgehead atoms. The monoisotopic (exact) mass is 315 g/mol. The van der Waals surface area contributed by atoms with Crippen molar-refractivity contribution in [1.82, 2.24) is 0 Å². The number of aromatic carboxylic acids is 2. The molecule has 0 aliphatic rings. The number of hydrogen-bond donors (Lipinski definition) is 2. The molecule has 23 heavy (non-hydrogen) atoms. The van der Waals surface area contributed by atoms with Crippen LogP contribution in [0.1, 0.15) is 36.6 Å². The van der Waals surface area contributed by atoms with E-state index in [-0.39, 0.29) is 16.8 Å². The smallest absolute Gasteiger partial charge is 0.336 e. The molecule has 0 saturated heterocycles. The predicted octanol–water partition coefficient (Wildman–Crippen LogP) is 2.22. The number of carbonyl (C=O) groups excluding carboxylic acids is 1. The van der Waals surface area contributed by atoms with Gasteiger partial charge in [0.2, 0.25) is 0 Å². The Labute approximate surface area is 128 Å². The van der Waals surface area contributed by atoms with E-state index >= 15 is 0 Å². The van der Waals surface area contributed by atoms with Gasteiger partial charge in [-0.25, -0.2) is 9.59 Å². The summed E-state index contributed by atoms with van der Waals surface area (Å²) in [7, 11) is 0. The van der Waals surface area contributed by atoms with Crippen LogP contribution < -0.4 is 0 Å². The summed E-state index contributed by atoms with van der Waals surface area (Å²) in [5, 5.41) is 28.7. The van der Waals surface area contributed by atoms with E-state index in [0.29, 0.717) is 0 Å². The van der Waals surface area contributed by atoms with Crippen LogP contribution in [0.15, 0.2) is 42.5 Å². The number of non-ortho nitro benzene ring substituents is 1. The highest BCUT2D eigenvalue weighted by Crippen LogP contribution is 2.19. The molecule has 0 fully saturated rings. The number of nitro benzene ring substituents is 1. The summed E-state index contributed by atoms with van der Waals surface area (Å²) in [5.41, 5.74) is -1.34. The molecule has 0 aliphatic heterocycles. The fourth-order valence-corrected chi connectivity index (χ4v) is 1.98. The van der Waals surface area contributed by atoms with Gasteiger partial charge in [0.25, 0.3) is 5.69 Å². The molecule has 0 amide bonds. The lowest BCUT2D eigenvalue weighted by Gasteiger charge is -2.05. The largest absolute Gasteiger partial charge is 0.478 e. The molecule has 0 saturated carbocycles. The van der Waals surface area contributed by atoms with Gasteiger partial charge in [0.1, 0.15) is 0 Å². The Morgan fingerprint density at radius 3 is 2.04 bits per heavy atom. The van der Waals surface area contributed by atoms with E-state index in [0.717, 1.165) is 24.3 Å². The SMILES string of the molecule is O=C(c1cccc([N+](=O)[O-])c1)c1ccc(C(=O)O)c(C(=O)O)c1. The Hall–Kier alpha value is -3.55. The van der Waals surface area contributed by atoms with Gasteiger partial charge in [-0.15, -0.1) is 0 Å². The van der Waals surface area contributed by atoms with Crippen LogP contribution in [0.5, 0.6) is 0 Å². The molecule has 0 heterocycles. The lowest BCUT2D eigenvalue weighted by molar-refractivity contribution is -0.384. The Balaban J connectivity index is 2.50. The Bertz CT molecular complexity index is 841. The summed E-state index contributed by atoms with van der Waals surface area (Å²) in [4.78, 5) is 44.5. The maximum atomic E-state index is 12.3. The molecule has 8 heteroatoms. The molecule has 0 spiro atoms. The van der Waals surface area contributed by atoms with Crippen molar-refractivity contribution in [3.63, 3.8) is 0 Å². The zero-order valence-corrected chi connectivity index (χ0v) is 11.4. The number of nitro groups is 1. The molecule has 0 aromatic heterocycles. The first kappa shape index (κ1) is 15.8. The molecule has 0 atom stereocenters. The van der Waals surface area contributed by atoms with Crippen LogP contribution in [-0.2, 0) is 0 Å². The second-order valence-electron chi connectivity index (χ2n) is 4.51. The summed E-state index contributed by atoms with van der Waals surface area (Å²) in [6.07, 6.45) is 0. The van der Waals surface area contributed by atoms with Gasteiger partial charge >= 0.3 is 11.9 Å². The fraction of sp³-hybridized carbons (Fsp3) is 0. The lowest BCUT2D eigenvalue weighted by Crippen LogP contribution is -2.11. The standard InChI is InChI=1S/C15H9NO7/c17-13(8-2-1-3-10(6-8)16(22)23)9-4-5-11(14(18)19)12(7-9)15(20)21/h1-7H,(H,18,19)(H,20,21). The first-order valence-corrected chi connectivity index (χ1v) is 6.21. The number of ketones is 1.